The number of carbonyl (C=O) groups excluding carboxylic acids is 1. The number of nitrogens with zero attached hydrogens (tertiary/aromatic N) is 1. The second-order valence-corrected chi connectivity index (χ2v) is 5.56. The zero-order valence-electron chi connectivity index (χ0n) is 12.6. The summed E-state index contributed by atoms with van der Waals surface area (Å²) in [4.78, 5) is 11.7. The van der Waals surface area contributed by atoms with Gasteiger partial charge in [0.15, 0.2) is 0 Å². The van der Waals surface area contributed by atoms with Crippen LogP contribution < -0.4 is 5.32 Å². The van der Waals surface area contributed by atoms with Crippen LogP contribution in [0.3, 0.4) is 0 Å². The van der Waals surface area contributed by atoms with Gasteiger partial charge in [0.25, 0.3) is 0 Å². The number of ether oxygens (including phenoxy) is 1. The lowest BCUT2D eigenvalue weighted by Gasteiger charge is -2.15. The number of rotatable bonds is 9. The fourth-order valence-electron chi connectivity index (χ4n) is 2.47. The van der Waals surface area contributed by atoms with Gasteiger partial charge in [-0.1, -0.05) is 20.3 Å². The van der Waals surface area contributed by atoms with E-state index in [1.807, 2.05) is 10.8 Å². The van der Waals surface area contributed by atoms with Gasteiger partial charge in [-0.15, -0.1) is 0 Å². The number of hydrogen-bond donors (Lipinski definition) is 1. The third-order valence-electron chi connectivity index (χ3n) is 3.72. The highest BCUT2D eigenvalue weighted by atomic mass is 16.5. The van der Waals surface area contributed by atoms with E-state index in [0.717, 1.165) is 25.3 Å². The van der Waals surface area contributed by atoms with E-state index in [2.05, 4.69) is 31.4 Å². The van der Waals surface area contributed by atoms with Gasteiger partial charge in [0.2, 0.25) is 0 Å². The van der Waals surface area contributed by atoms with Crippen molar-refractivity contribution >= 4 is 5.97 Å². The number of hydrogen-bond acceptors (Lipinski definition) is 3. The van der Waals surface area contributed by atoms with Crippen LogP contribution in [0, 0.1) is 5.92 Å². The van der Waals surface area contributed by atoms with Crippen LogP contribution in [0.5, 0.6) is 0 Å². The number of aromatic nitrogens is 1. The average molecular weight is 278 g/mol. The number of nitrogens with one attached hydrogen (secondary N) is 1. The Bertz CT molecular complexity index is 424. The molecule has 1 saturated carbocycles. The summed E-state index contributed by atoms with van der Waals surface area (Å²) in [5, 5.41) is 3.54. The van der Waals surface area contributed by atoms with Crippen molar-refractivity contribution in [3.8, 4) is 0 Å². The minimum Gasteiger partial charge on any atom is -0.464 e. The topological polar surface area (TPSA) is 43.3 Å². The van der Waals surface area contributed by atoms with Crippen molar-refractivity contribution in [3.05, 3.63) is 24.0 Å². The summed E-state index contributed by atoms with van der Waals surface area (Å²) in [5.41, 5.74) is 1.29. The van der Waals surface area contributed by atoms with Gasteiger partial charge < -0.3 is 14.6 Å². The fourth-order valence-corrected chi connectivity index (χ4v) is 2.47. The maximum Gasteiger partial charge on any atom is 0.325 e. The second-order valence-electron chi connectivity index (χ2n) is 5.56. The molecule has 1 N–H and O–H groups in total. The largest absolute Gasteiger partial charge is 0.464 e. The molecule has 1 aliphatic carbocycles. The SMILES string of the molecule is CCCCOC(=O)Cn1ccc(C(NCC)C2CC2)c1. The maximum atomic E-state index is 11.7. The molecular weight excluding hydrogens is 252 g/mol. The normalized spacial score (nSPS) is 16.1. The first kappa shape index (κ1) is 15.1. The Morgan fingerprint density at radius 2 is 2.30 bits per heavy atom. The highest BCUT2D eigenvalue weighted by Gasteiger charge is 2.32. The lowest BCUT2D eigenvalue weighted by Crippen LogP contribution is -2.22. The number of carbonyl (C=O) groups is 1. The smallest absolute Gasteiger partial charge is 0.325 e. The highest BCUT2D eigenvalue weighted by molar-refractivity contribution is 5.69. The molecule has 0 bridgehead atoms. The highest BCUT2D eigenvalue weighted by Crippen LogP contribution is 2.40. The van der Waals surface area contributed by atoms with Crippen molar-refractivity contribution in [2.45, 2.75) is 52.1 Å². The van der Waals surface area contributed by atoms with E-state index in [0.29, 0.717) is 19.2 Å². The molecule has 1 atom stereocenters. The summed E-state index contributed by atoms with van der Waals surface area (Å²) in [6.45, 7) is 6.05. The Morgan fingerprint density at radius 1 is 1.50 bits per heavy atom. The van der Waals surface area contributed by atoms with Crippen molar-refractivity contribution in [2.75, 3.05) is 13.2 Å². The van der Waals surface area contributed by atoms with Gasteiger partial charge in [0, 0.05) is 18.4 Å². The molecule has 0 aromatic carbocycles. The van der Waals surface area contributed by atoms with Crippen LogP contribution in [-0.4, -0.2) is 23.7 Å². The molecule has 1 unspecified atom stereocenters. The first-order valence-electron chi connectivity index (χ1n) is 7.79. The van der Waals surface area contributed by atoms with E-state index in [-0.39, 0.29) is 5.97 Å². The minimum absolute atomic E-state index is 0.146. The Hall–Kier alpha value is -1.29. The fraction of sp³-hybridized carbons (Fsp3) is 0.688. The lowest BCUT2D eigenvalue weighted by molar-refractivity contribution is -0.144. The maximum absolute atomic E-state index is 11.7. The standard InChI is InChI=1S/C16H26N2O2/c1-3-5-10-20-15(19)12-18-9-8-14(11-18)16(17-4-2)13-6-7-13/h8-9,11,13,16-17H,3-7,10,12H2,1-2H3. The molecule has 1 aliphatic rings. The van der Waals surface area contributed by atoms with Gasteiger partial charge in [0.05, 0.1) is 6.61 Å². The molecule has 1 heterocycles. The van der Waals surface area contributed by atoms with Gasteiger partial charge >= 0.3 is 5.97 Å². The van der Waals surface area contributed by atoms with Crippen LogP contribution in [0.2, 0.25) is 0 Å². The summed E-state index contributed by atoms with van der Waals surface area (Å²) in [6.07, 6.45) is 8.65. The van der Waals surface area contributed by atoms with Gasteiger partial charge in [-0.2, -0.15) is 0 Å². The third kappa shape index (κ3) is 4.37. The van der Waals surface area contributed by atoms with E-state index >= 15 is 0 Å². The Kier molecular flexibility index (Phi) is 5.65. The summed E-state index contributed by atoms with van der Waals surface area (Å²) >= 11 is 0. The van der Waals surface area contributed by atoms with Crippen LogP contribution in [0.4, 0.5) is 0 Å². The molecule has 4 nitrogen and oxygen atoms in total. The Balaban J connectivity index is 1.86. The van der Waals surface area contributed by atoms with Crippen molar-refractivity contribution in [1.29, 1.82) is 0 Å². The number of unbranched alkanes of at least 4 members (excludes halogenated alkanes) is 1. The third-order valence-corrected chi connectivity index (χ3v) is 3.72. The molecule has 1 fully saturated rings. The summed E-state index contributed by atoms with van der Waals surface area (Å²) in [5.74, 6) is 0.620. The zero-order valence-corrected chi connectivity index (χ0v) is 12.6. The predicted octanol–water partition coefficient (Wildman–Crippen LogP) is 2.89. The van der Waals surface area contributed by atoms with Crippen LogP contribution in [0.15, 0.2) is 18.5 Å². The van der Waals surface area contributed by atoms with Crippen LogP contribution in [0.25, 0.3) is 0 Å². The van der Waals surface area contributed by atoms with Crippen LogP contribution in [-0.2, 0) is 16.1 Å². The quantitative estimate of drug-likeness (QED) is 0.558. The van der Waals surface area contributed by atoms with E-state index in [9.17, 15) is 4.79 Å². The zero-order chi connectivity index (χ0) is 14.4. The van der Waals surface area contributed by atoms with Crippen LogP contribution >= 0.6 is 0 Å². The van der Waals surface area contributed by atoms with Crippen molar-refractivity contribution < 1.29 is 9.53 Å². The van der Waals surface area contributed by atoms with E-state index < -0.39 is 0 Å². The second kappa shape index (κ2) is 7.48. The van der Waals surface area contributed by atoms with E-state index in [1.54, 1.807) is 0 Å². The summed E-state index contributed by atoms with van der Waals surface area (Å²) in [7, 11) is 0. The van der Waals surface area contributed by atoms with E-state index in [4.69, 9.17) is 4.74 Å². The van der Waals surface area contributed by atoms with Gasteiger partial charge in [-0.25, -0.2) is 0 Å². The average Bonchev–Trinajstić information content (AvgIpc) is 3.17. The first-order valence-corrected chi connectivity index (χ1v) is 7.79. The Morgan fingerprint density at radius 3 is 2.95 bits per heavy atom. The molecule has 112 valence electrons. The van der Waals surface area contributed by atoms with Crippen LogP contribution in [0.1, 0.15) is 51.1 Å². The van der Waals surface area contributed by atoms with Gasteiger partial charge in [0.1, 0.15) is 6.54 Å². The molecule has 0 spiro atoms. The molecule has 0 aliphatic heterocycles. The van der Waals surface area contributed by atoms with Crippen molar-refractivity contribution in [3.63, 3.8) is 0 Å². The summed E-state index contributed by atoms with van der Waals surface area (Å²) in [6, 6.07) is 2.56. The molecule has 0 radical (unpaired) electrons. The van der Waals surface area contributed by atoms with Crippen molar-refractivity contribution in [1.82, 2.24) is 9.88 Å². The predicted molar refractivity (Wildman–Crippen MR) is 79.4 cm³/mol. The Labute approximate surface area is 121 Å². The molecule has 1 aromatic rings. The molecule has 0 saturated heterocycles. The van der Waals surface area contributed by atoms with Gasteiger partial charge in [-0.05, 0) is 43.4 Å². The molecule has 2 rings (SSSR count). The lowest BCUT2D eigenvalue weighted by atomic mass is 10.1. The molecular formula is C16H26N2O2. The summed E-state index contributed by atoms with van der Waals surface area (Å²) < 4.78 is 7.11. The van der Waals surface area contributed by atoms with Gasteiger partial charge in [-0.3, -0.25) is 4.79 Å². The monoisotopic (exact) mass is 278 g/mol. The molecule has 1 aromatic heterocycles. The van der Waals surface area contributed by atoms with Crippen molar-refractivity contribution in [2.24, 2.45) is 5.92 Å². The van der Waals surface area contributed by atoms with E-state index in [1.165, 1.54) is 18.4 Å². The first-order chi connectivity index (χ1) is 9.74. The minimum atomic E-state index is -0.146. The molecule has 0 amide bonds. The molecule has 20 heavy (non-hydrogen) atoms. The number of esters is 1. The molecule has 4 heteroatoms.